The third-order valence-electron chi connectivity index (χ3n) is 3.16. The number of rotatable bonds is 2. The molecule has 1 unspecified atom stereocenters. The molecule has 0 saturated heterocycles. The molecule has 0 aliphatic carbocycles. The Morgan fingerprint density at radius 3 is 2.53 bits per heavy atom. The second-order valence-corrected chi connectivity index (χ2v) is 4.43. The summed E-state index contributed by atoms with van der Waals surface area (Å²) in [6.45, 7) is 3.90. The Labute approximate surface area is 101 Å². The van der Waals surface area contributed by atoms with Crippen LogP contribution in [-0.4, -0.2) is 13.0 Å². The first-order chi connectivity index (χ1) is 8.11. The van der Waals surface area contributed by atoms with Crippen LogP contribution < -0.4 is 10.1 Å². The molecule has 0 fully saturated rings. The van der Waals surface area contributed by atoms with Gasteiger partial charge < -0.3 is 10.1 Å². The van der Waals surface area contributed by atoms with Crippen molar-refractivity contribution in [2.24, 2.45) is 5.92 Å². The van der Waals surface area contributed by atoms with Crippen LogP contribution in [0.25, 0.3) is 5.57 Å². The van der Waals surface area contributed by atoms with Crippen molar-refractivity contribution in [1.29, 1.82) is 0 Å². The summed E-state index contributed by atoms with van der Waals surface area (Å²) >= 11 is 0. The molecule has 3 heteroatoms. The van der Waals surface area contributed by atoms with Crippen molar-refractivity contribution in [3.8, 4) is 5.75 Å². The maximum atomic E-state index is 11.5. The van der Waals surface area contributed by atoms with Crippen molar-refractivity contribution in [1.82, 2.24) is 5.32 Å². The van der Waals surface area contributed by atoms with Gasteiger partial charge in [0.2, 0.25) is 5.91 Å². The first kappa shape index (κ1) is 11.7. The number of allylic oxidation sites excluding steroid dienone is 2. The largest absolute Gasteiger partial charge is 0.497 e. The van der Waals surface area contributed by atoms with Crippen molar-refractivity contribution in [2.75, 3.05) is 7.11 Å². The molecule has 1 N–H and O–H groups in total. The van der Waals surface area contributed by atoms with Gasteiger partial charge in [0.1, 0.15) is 5.75 Å². The monoisotopic (exact) mass is 231 g/mol. The average molecular weight is 231 g/mol. The summed E-state index contributed by atoms with van der Waals surface area (Å²) in [5, 5.41) is 2.92. The fraction of sp³-hybridized carbons (Fsp3) is 0.357. The molecule has 1 aliphatic rings. The smallest absolute Gasteiger partial charge is 0.227 e. The van der Waals surface area contributed by atoms with E-state index in [2.05, 4.69) is 5.32 Å². The maximum Gasteiger partial charge on any atom is 0.227 e. The lowest BCUT2D eigenvalue weighted by molar-refractivity contribution is -0.123. The number of hydrogen-bond acceptors (Lipinski definition) is 2. The molecule has 1 heterocycles. The number of hydrogen-bond donors (Lipinski definition) is 1. The summed E-state index contributed by atoms with van der Waals surface area (Å²) in [4.78, 5) is 11.5. The molecule has 3 nitrogen and oxygen atoms in total. The summed E-state index contributed by atoms with van der Waals surface area (Å²) in [6, 6.07) is 7.94. The van der Waals surface area contributed by atoms with Crippen LogP contribution >= 0.6 is 0 Å². The highest BCUT2D eigenvalue weighted by molar-refractivity contribution is 5.88. The Hall–Kier alpha value is -1.77. The third kappa shape index (κ3) is 2.33. The van der Waals surface area contributed by atoms with Crippen LogP contribution in [0.3, 0.4) is 0 Å². The van der Waals surface area contributed by atoms with E-state index in [4.69, 9.17) is 4.74 Å². The number of methoxy groups -OCH3 is 1. The van der Waals surface area contributed by atoms with E-state index in [0.29, 0.717) is 0 Å². The van der Waals surface area contributed by atoms with Gasteiger partial charge in [-0.3, -0.25) is 4.79 Å². The molecule has 1 aliphatic heterocycles. The van der Waals surface area contributed by atoms with E-state index in [1.165, 1.54) is 5.57 Å². The minimum Gasteiger partial charge on any atom is -0.497 e. The van der Waals surface area contributed by atoms with Crippen LogP contribution in [0.4, 0.5) is 0 Å². The lowest BCUT2D eigenvalue weighted by Gasteiger charge is -2.23. The van der Waals surface area contributed by atoms with Gasteiger partial charge in [0.25, 0.3) is 0 Å². The SMILES string of the molecule is COc1ccc(C2=C(C)NC(=O)C(C)C2)cc1. The van der Waals surface area contributed by atoms with E-state index < -0.39 is 0 Å². The zero-order chi connectivity index (χ0) is 12.4. The van der Waals surface area contributed by atoms with E-state index in [-0.39, 0.29) is 11.8 Å². The first-order valence-electron chi connectivity index (χ1n) is 5.77. The number of amides is 1. The molecule has 0 aromatic heterocycles. The predicted molar refractivity (Wildman–Crippen MR) is 67.5 cm³/mol. The number of nitrogens with one attached hydrogen (secondary N) is 1. The Morgan fingerprint density at radius 2 is 1.94 bits per heavy atom. The van der Waals surface area contributed by atoms with E-state index in [1.54, 1.807) is 7.11 Å². The molecular formula is C14H17NO2. The Bertz CT molecular complexity index is 460. The van der Waals surface area contributed by atoms with Gasteiger partial charge >= 0.3 is 0 Å². The normalized spacial score (nSPS) is 20.2. The predicted octanol–water partition coefficient (Wildman–Crippen LogP) is 2.58. The molecular weight excluding hydrogens is 214 g/mol. The van der Waals surface area contributed by atoms with Crippen molar-refractivity contribution in [3.63, 3.8) is 0 Å². The van der Waals surface area contributed by atoms with Crippen LogP contribution in [0.15, 0.2) is 30.0 Å². The molecule has 90 valence electrons. The third-order valence-corrected chi connectivity index (χ3v) is 3.16. The number of benzene rings is 1. The quantitative estimate of drug-likeness (QED) is 0.849. The zero-order valence-corrected chi connectivity index (χ0v) is 10.4. The van der Waals surface area contributed by atoms with Gasteiger partial charge in [-0.1, -0.05) is 19.1 Å². The number of ether oxygens (including phenoxy) is 1. The molecule has 0 spiro atoms. The fourth-order valence-electron chi connectivity index (χ4n) is 2.06. The molecule has 1 atom stereocenters. The highest BCUT2D eigenvalue weighted by atomic mass is 16.5. The Balaban J connectivity index is 2.32. The molecule has 1 aromatic carbocycles. The van der Waals surface area contributed by atoms with Crippen molar-refractivity contribution < 1.29 is 9.53 Å². The standard InChI is InChI=1S/C14H17NO2/c1-9-8-13(10(2)15-14(9)16)11-4-6-12(17-3)7-5-11/h4-7,9H,8H2,1-3H3,(H,15,16). The molecule has 17 heavy (non-hydrogen) atoms. The first-order valence-corrected chi connectivity index (χ1v) is 5.77. The molecule has 1 amide bonds. The summed E-state index contributed by atoms with van der Waals surface area (Å²) in [7, 11) is 1.66. The van der Waals surface area contributed by atoms with E-state index in [0.717, 1.165) is 23.4 Å². The van der Waals surface area contributed by atoms with Gasteiger partial charge in [0.05, 0.1) is 7.11 Å². The molecule has 0 radical (unpaired) electrons. The summed E-state index contributed by atoms with van der Waals surface area (Å²) < 4.78 is 5.14. The van der Waals surface area contributed by atoms with Crippen LogP contribution in [0.5, 0.6) is 5.75 Å². The highest BCUT2D eigenvalue weighted by Crippen LogP contribution is 2.29. The van der Waals surface area contributed by atoms with E-state index in [9.17, 15) is 4.79 Å². The zero-order valence-electron chi connectivity index (χ0n) is 10.4. The second kappa shape index (κ2) is 4.62. The Morgan fingerprint density at radius 1 is 1.29 bits per heavy atom. The highest BCUT2D eigenvalue weighted by Gasteiger charge is 2.23. The maximum absolute atomic E-state index is 11.5. The minimum atomic E-state index is 0.0378. The van der Waals surface area contributed by atoms with E-state index in [1.807, 2.05) is 38.1 Å². The van der Waals surface area contributed by atoms with Crippen LogP contribution in [0.2, 0.25) is 0 Å². The van der Waals surface area contributed by atoms with Gasteiger partial charge in [-0.15, -0.1) is 0 Å². The van der Waals surface area contributed by atoms with Gasteiger partial charge in [0.15, 0.2) is 0 Å². The number of carbonyl (C=O) groups excluding carboxylic acids is 1. The lowest BCUT2D eigenvalue weighted by atomic mass is 9.90. The van der Waals surface area contributed by atoms with Crippen LogP contribution in [-0.2, 0) is 4.79 Å². The lowest BCUT2D eigenvalue weighted by Crippen LogP contribution is -2.32. The van der Waals surface area contributed by atoms with Crippen molar-refractivity contribution in [2.45, 2.75) is 20.3 Å². The van der Waals surface area contributed by atoms with Crippen molar-refractivity contribution in [3.05, 3.63) is 35.5 Å². The average Bonchev–Trinajstić information content (AvgIpc) is 2.34. The van der Waals surface area contributed by atoms with E-state index >= 15 is 0 Å². The summed E-state index contributed by atoms with van der Waals surface area (Å²) in [5.74, 6) is 0.996. The van der Waals surface area contributed by atoms with Gasteiger partial charge in [-0.2, -0.15) is 0 Å². The van der Waals surface area contributed by atoms with Gasteiger partial charge in [-0.25, -0.2) is 0 Å². The minimum absolute atomic E-state index is 0.0378. The number of carbonyl (C=O) groups is 1. The van der Waals surface area contributed by atoms with Gasteiger partial charge in [0, 0.05) is 11.6 Å². The fourth-order valence-corrected chi connectivity index (χ4v) is 2.06. The van der Waals surface area contributed by atoms with Crippen LogP contribution in [0, 0.1) is 5.92 Å². The molecule has 2 rings (SSSR count). The second-order valence-electron chi connectivity index (χ2n) is 4.43. The van der Waals surface area contributed by atoms with Crippen molar-refractivity contribution >= 4 is 11.5 Å². The molecule has 0 bridgehead atoms. The van der Waals surface area contributed by atoms with Crippen LogP contribution in [0.1, 0.15) is 25.8 Å². The van der Waals surface area contributed by atoms with Gasteiger partial charge in [-0.05, 0) is 36.6 Å². The Kier molecular flexibility index (Phi) is 3.18. The topological polar surface area (TPSA) is 38.3 Å². The molecule has 0 saturated carbocycles. The summed E-state index contributed by atoms with van der Waals surface area (Å²) in [6.07, 6.45) is 0.796. The summed E-state index contributed by atoms with van der Waals surface area (Å²) in [5.41, 5.74) is 3.31. The molecule has 1 aromatic rings.